The molecule has 10 aliphatic heterocycles. The summed E-state index contributed by atoms with van der Waals surface area (Å²) in [6.45, 7) is -7.35. The van der Waals surface area contributed by atoms with Crippen molar-refractivity contribution >= 4 is 0 Å². The minimum absolute atomic E-state index is 0.492. The summed E-state index contributed by atoms with van der Waals surface area (Å²) >= 11 is 0. The lowest BCUT2D eigenvalue weighted by Gasteiger charge is -2.48. The summed E-state index contributed by atoms with van der Waals surface area (Å²) in [7, 11) is 0. The Bertz CT molecular complexity index is 2240. The largest absolute Gasteiger partial charge is 0.394 e. The van der Waals surface area contributed by atoms with Crippen LogP contribution in [0.15, 0.2) is 0 Å². The summed E-state index contributed by atoms with van der Waals surface area (Å²) in [6.07, 6.45) is -72.3. The van der Waals surface area contributed by atoms with Crippen LogP contribution in [0.1, 0.15) is 0 Å². The predicted molar refractivity (Wildman–Crippen MR) is 270 cm³/mol. The van der Waals surface area contributed by atoms with E-state index < -0.39 is 312 Å². The molecule has 0 aromatic carbocycles. The highest BCUT2D eigenvalue weighted by Crippen LogP contribution is 2.39. The third kappa shape index (κ3) is 15.2. The van der Waals surface area contributed by atoms with Gasteiger partial charge in [0.1, 0.15) is 183 Å². The Hall–Kier alpha value is -1.64. The molecule has 10 aliphatic rings. The molecule has 10 heterocycles. The summed E-state index contributed by atoms with van der Waals surface area (Å²) < 4.78 is 111. The second-order valence-corrected chi connectivity index (χ2v) is 23.3. The van der Waals surface area contributed by atoms with Crippen LogP contribution >= 0.6 is 0 Å². The molecule has 0 amide bonds. The molecule has 91 heavy (non-hydrogen) atoms. The summed E-state index contributed by atoms with van der Waals surface area (Å²) in [5.74, 6) is 0. The molecule has 41 heteroatoms. The van der Waals surface area contributed by atoms with Crippen LogP contribution in [-0.4, -0.2) is 424 Å². The summed E-state index contributed by atoms with van der Waals surface area (Å²) in [5, 5.41) is 235. The van der Waals surface area contributed by atoms with Gasteiger partial charge in [0.25, 0.3) is 0 Å². The van der Waals surface area contributed by atoms with E-state index in [0.717, 1.165) is 0 Å². The Morgan fingerprint density at radius 1 is 0.220 bits per heavy atom. The number of aliphatic hydroxyl groups is 22. The van der Waals surface area contributed by atoms with Crippen molar-refractivity contribution in [2.75, 3.05) is 66.1 Å². The third-order valence-electron chi connectivity index (χ3n) is 17.2. The fourth-order valence-electron chi connectivity index (χ4n) is 11.8. The predicted octanol–water partition coefficient (Wildman–Crippen LogP) is -16.4. The molecule has 0 aromatic rings. The molecule has 41 nitrogen and oxygen atoms in total. The summed E-state index contributed by atoms with van der Waals surface area (Å²) in [5.41, 5.74) is 0. The van der Waals surface area contributed by atoms with E-state index in [-0.39, 0.29) is 0 Å². The first-order chi connectivity index (χ1) is 43.4. The van der Waals surface area contributed by atoms with E-state index in [1.807, 2.05) is 0 Å². The zero-order chi connectivity index (χ0) is 65.6. The van der Waals surface area contributed by atoms with Crippen LogP contribution in [0.4, 0.5) is 0 Å². The van der Waals surface area contributed by atoms with Gasteiger partial charge in [-0.3, -0.25) is 0 Å². The second-order valence-electron chi connectivity index (χ2n) is 23.3. The van der Waals surface area contributed by atoms with Crippen LogP contribution in [0.3, 0.4) is 0 Å². The Labute approximate surface area is 513 Å². The van der Waals surface area contributed by atoms with Crippen LogP contribution in [0, 0.1) is 0 Å². The molecule has 0 saturated carbocycles. The Morgan fingerprint density at radius 3 is 0.813 bits per heavy atom. The van der Waals surface area contributed by atoms with Crippen molar-refractivity contribution in [3.8, 4) is 0 Å². The van der Waals surface area contributed by atoms with Crippen molar-refractivity contribution in [3.63, 3.8) is 0 Å². The molecule has 40 atom stereocenters. The van der Waals surface area contributed by atoms with Gasteiger partial charge in [0.2, 0.25) is 0 Å². The number of rotatable bonds is 22. The lowest BCUT2D eigenvalue weighted by Crippen LogP contribution is -2.65. The molecule has 0 bridgehead atoms. The molecule has 0 radical (unpaired) electrons. The number of aliphatic hydroxyl groups excluding tert-OH is 22. The molecule has 22 N–H and O–H groups in total. The molecule has 0 spiro atoms. The van der Waals surface area contributed by atoms with Gasteiger partial charge in [-0.2, -0.15) is 0 Å². The van der Waals surface area contributed by atoms with Gasteiger partial charge in [-0.15, -0.1) is 0 Å². The molecule has 0 aromatic heterocycles. The Kier molecular flexibility index (Phi) is 24.6. The quantitative estimate of drug-likeness (QED) is 0.0479. The average molecular weight is 1340 g/mol. The molecular weight excluding hydrogens is 1260 g/mol. The second kappa shape index (κ2) is 31.1. The van der Waals surface area contributed by atoms with Crippen molar-refractivity contribution in [2.45, 2.75) is 246 Å². The topological polar surface area (TPSA) is 620 Å². The maximum atomic E-state index is 11.9. The lowest BCUT2D eigenvalue weighted by atomic mass is 10.0. The Morgan fingerprint density at radius 2 is 0.473 bits per heavy atom. The van der Waals surface area contributed by atoms with Gasteiger partial charge in [-0.25, -0.2) is 0 Å². The minimum atomic E-state index is -2.21. The minimum Gasteiger partial charge on any atom is -0.394 e. The zero-order valence-electron chi connectivity index (χ0n) is 47.8. The Balaban J connectivity index is 0.894. The monoisotopic (exact) mass is 1340 g/mol. The van der Waals surface area contributed by atoms with E-state index in [4.69, 9.17) is 90.0 Å². The fraction of sp³-hybridized carbons (Fsp3) is 1.00. The first kappa shape index (κ1) is 72.1. The number of hydrogen-bond donors (Lipinski definition) is 22. The van der Waals surface area contributed by atoms with Gasteiger partial charge < -0.3 is 202 Å². The van der Waals surface area contributed by atoms with E-state index in [0.29, 0.717) is 0 Å². The van der Waals surface area contributed by atoms with E-state index in [1.165, 1.54) is 0 Å². The first-order valence-electron chi connectivity index (χ1n) is 29.3. The van der Waals surface area contributed by atoms with Gasteiger partial charge in [-0.1, -0.05) is 0 Å². The lowest BCUT2D eigenvalue weighted by molar-refractivity contribution is -0.391. The van der Waals surface area contributed by atoms with Crippen LogP contribution in [-0.2, 0) is 90.0 Å². The fourth-order valence-corrected chi connectivity index (χ4v) is 11.8. The number of hydrogen-bond acceptors (Lipinski definition) is 41. The standard InChI is InChI=1S/C50H82O41/c51-1-12-22(57)33(68)45(79-12)88-37-19(86-42-30(65)21(56)11(55)5-74-42)9-77-49(39(37)90-47-35(70)24(59)14(3-53)81-47)85-18-8-76-44(32(67)28(18)63)87-20-10-78-50(84-17-7-75-43(31(66)27(17)62)83-16-6-73-41(72)29(64)26(16)61)40(91-48-36(71)25(60)15(4-54)82-48)38(20)89-46-34(69)23(58)13(2-52)80-46/h11-72H,1-10H2/t11-,12+,13+,14+,15+,16-,17-,18-,19-,20-,21+,22+,23+,24+,25+,26+,27+,28+,29-,30-,31-,32-,33-,34-,35-,36-,37+,38+,39-,40-,41?,42+,43+,44+,45+,46+,47+,48+,49+,50+/m1/s1. The summed E-state index contributed by atoms with van der Waals surface area (Å²) in [4.78, 5) is 0. The maximum Gasteiger partial charge on any atom is 0.187 e. The molecule has 0 aliphatic carbocycles. The van der Waals surface area contributed by atoms with E-state index >= 15 is 0 Å². The highest BCUT2D eigenvalue weighted by atomic mass is 16.8. The van der Waals surface area contributed by atoms with Gasteiger partial charge in [0, 0.05) is 0 Å². The normalized spacial score (nSPS) is 54.1. The molecule has 10 rings (SSSR count). The van der Waals surface area contributed by atoms with Gasteiger partial charge in [0.15, 0.2) is 62.9 Å². The van der Waals surface area contributed by atoms with Crippen LogP contribution in [0.2, 0.25) is 0 Å². The zero-order valence-corrected chi connectivity index (χ0v) is 47.8. The smallest absolute Gasteiger partial charge is 0.187 e. The van der Waals surface area contributed by atoms with Crippen molar-refractivity contribution in [3.05, 3.63) is 0 Å². The van der Waals surface area contributed by atoms with Crippen LogP contribution in [0.25, 0.3) is 0 Å². The van der Waals surface area contributed by atoms with E-state index in [1.54, 1.807) is 0 Å². The highest BCUT2D eigenvalue weighted by Gasteiger charge is 2.59. The molecular formula is C50H82O41. The first-order valence-corrected chi connectivity index (χ1v) is 29.3. The molecule has 10 saturated heterocycles. The van der Waals surface area contributed by atoms with Crippen molar-refractivity contribution in [1.29, 1.82) is 0 Å². The maximum absolute atomic E-state index is 11.9. The van der Waals surface area contributed by atoms with Crippen molar-refractivity contribution in [2.24, 2.45) is 0 Å². The van der Waals surface area contributed by atoms with Crippen molar-refractivity contribution < 1.29 is 202 Å². The van der Waals surface area contributed by atoms with Gasteiger partial charge in [0.05, 0.1) is 66.1 Å². The van der Waals surface area contributed by atoms with Gasteiger partial charge >= 0.3 is 0 Å². The van der Waals surface area contributed by atoms with Crippen LogP contribution < -0.4 is 0 Å². The molecule has 1 unspecified atom stereocenters. The van der Waals surface area contributed by atoms with E-state index in [2.05, 4.69) is 0 Å². The average Bonchev–Trinajstić information content (AvgIpc) is 1.80. The van der Waals surface area contributed by atoms with E-state index in [9.17, 15) is 112 Å². The summed E-state index contributed by atoms with van der Waals surface area (Å²) in [6, 6.07) is 0. The highest BCUT2D eigenvalue weighted by molar-refractivity contribution is 5.00. The van der Waals surface area contributed by atoms with Gasteiger partial charge in [-0.05, 0) is 0 Å². The van der Waals surface area contributed by atoms with Crippen molar-refractivity contribution in [1.82, 2.24) is 0 Å². The van der Waals surface area contributed by atoms with Crippen LogP contribution in [0.5, 0.6) is 0 Å². The SMILES string of the molecule is OC[C@@H]1O[C@@H](O[C@@H]2[C@@H](O[C@@H]3O[C@@H](CO)[C@H](O)[C@H]3O)[C@H](O[C@@H]3CO[C@@H](O[C@@H]4CO[C@@H](O[C@@H]5CO[C@@H](O[C@@H]6COC(O)[C@H](O)[C@H]6O)[C@H](O)[C@H]5O)[C@H](O[C@@H]5O[C@@H](CO)[C@H](O)[C@H]5O)[C@H]4O[C@@H]4O[C@@H](CO)[C@H](O)[C@H]4O)[C@H](O)[C@H]3O)OC[C@H]2O[C@@H]2OC[C@@H](O)[C@H](O)[C@H]2O)[C@H](O)[C@H]1O. The third-order valence-corrected chi connectivity index (χ3v) is 17.2. The number of ether oxygens (including phenoxy) is 19. The molecule has 528 valence electrons. The molecule has 10 fully saturated rings.